The van der Waals surface area contributed by atoms with Gasteiger partial charge >= 0.3 is 0 Å². The predicted octanol–water partition coefficient (Wildman–Crippen LogP) is 5.11. The molecule has 1 aliphatic rings. The van der Waals surface area contributed by atoms with Crippen molar-refractivity contribution in [3.63, 3.8) is 0 Å². The maximum atomic E-state index is 13.5. The van der Waals surface area contributed by atoms with Gasteiger partial charge in [0.25, 0.3) is 5.91 Å². The molecule has 5 nitrogen and oxygen atoms in total. The molecule has 166 valence electrons. The molecule has 0 fully saturated rings. The second-order valence-electron chi connectivity index (χ2n) is 8.26. The summed E-state index contributed by atoms with van der Waals surface area (Å²) in [6.07, 6.45) is 2.72. The number of fused-ring (bicyclic) bond motifs is 1. The molecule has 1 N–H and O–H groups in total. The molecule has 0 unspecified atom stereocenters. The molecule has 1 amide bonds. The quantitative estimate of drug-likeness (QED) is 0.551. The zero-order valence-electron chi connectivity index (χ0n) is 18.4. The molecule has 2 aromatic carbocycles. The van der Waals surface area contributed by atoms with E-state index in [1.807, 2.05) is 36.1 Å². The summed E-state index contributed by atoms with van der Waals surface area (Å²) >= 11 is 3.59. The van der Waals surface area contributed by atoms with E-state index < -0.39 is 0 Å². The number of rotatable bonds is 3. The summed E-state index contributed by atoms with van der Waals surface area (Å²) in [5.74, 6) is 0.0160. The highest BCUT2D eigenvalue weighted by molar-refractivity contribution is 9.10. The summed E-state index contributed by atoms with van der Waals surface area (Å²) in [7, 11) is 0. The molecular weight excluding hydrogens is 464 g/mol. The van der Waals surface area contributed by atoms with Crippen LogP contribution in [0.5, 0.6) is 0 Å². The minimum atomic E-state index is 0.0160. The highest BCUT2D eigenvalue weighted by atomic mass is 79.9. The fourth-order valence-corrected chi connectivity index (χ4v) is 4.41. The Morgan fingerprint density at radius 3 is 2.69 bits per heavy atom. The van der Waals surface area contributed by atoms with E-state index in [2.05, 4.69) is 67.5 Å². The van der Waals surface area contributed by atoms with Crippen molar-refractivity contribution in [2.45, 2.75) is 26.4 Å². The van der Waals surface area contributed by atoms with Crippen molar-refractivity contribution in [1.29, 1.82) is 0 Å². The largest absolute Gasteiger partial charge is 0.385 e. The SMILES string of the molecule is Cc1ccc(C(=O)N2CCN(Cc3ccccc3)CCCNc3ccc(Br)cc3C2)cn1. The van der Waals surface area contributed by atoms with Gasteiger partial charge in [-0.2, -0.15) is 0 Å². The number of aromatic nitrogens is 1. The van der Waals surface area contributed by atoms with Gasteiger partial charge in [-0.05, 0) is 54.8 Å². The summed E-state index contributed by atoms with van der Waals surface area (Å²) in [5.41, 5.74) is 5.04. The zero-order chi connectivity index (χ0) is 22.3. The van der Waals surface area contributed by atoms with Crippen LogP contribution < -0.4 is 5.32 Å². The molecule has 0 spiro atoms. The minimum absolute atomic E-state index is 0.0160. The number of benzene rings is 2. The van der Waals surface area contributed by atoms with Gasteiger partial charge in [0.2, 0.25) is 0 Å². The van der Waals surface area contributed by atoms with Crippen molar-refractivity contribution < 1.29 is 4.79 Å². The van der Waals surface area contributed by atoms with Crippen molar-refractivity contribution >= 4 is 27.5 Å². The summed E-state index contributed by atoms with van der Waals surface area (Å²) in [6, 6.07) is 20.6. The van der Waals surface area contributed by atoms with E-state index in [0.29, 0.717) is 18.7 Å². The fraction of sp³-hybridized carbons (Fsp3) is 0.308. The van der Waals surface area contributed by atoms with Crippen LogP contribution in [0.3, 0.4) is 0 Å². The van der Waals surface area contributed by atoms with Crippen LogP contribution in [0.25, 0.3) is 0 Å². The van der Waals surface area contributed by atoms with Crippen molar-refractivity contribution in [3.05, 3.63) is 93.7 Å². The molecule has 2 heterocycles. The monoisotopic (exact) mass is 492 g/mol. The van der Waals surface area contributed by atoms with Gasteiger partial charge in [0, 0.05) is 61.3 Å². The number of pyridine rings is 1. The van der Waals surface area contributed by atoms with Gasteiger partial charge in [0.15, 0.2) is 0 Å². The minimum Gasteiger partial charge on any atom is -0.385 e. The summed E-state index contributed by atoms with van der Waals surface area (Å²) in [5, 5.41) is 3.58. The van der Waals surface area contributed by atoms with Crippen LogP contribution >= 0.6 is 15.9 Å². The number of carbonyl (C=O) groups excluding carboxylic acids is 1. The lowest BCUT2D eigenvalue weighted by Gasteiger charge is -2.28. The summed E-state index contributed by atoms with van der Waals surface area (Å²) < 4.78 is 1.02. The van der Waals surface area contributed by atoms with E-state index in [4.69, 9.17) is 0 Å². The number of hydrogen-bond acceptors (Lipinski definition) is 4. The number of halogens is 1. The van der Waals surface area contributed by atoms with E-state index in [1.165, 1.54) is 5.56 Å². The van der Waals surface area contributed by atoms with E-state index in [-0.39, 0.29) is 5.91 Å². The molecule has 3 aromatic rings. The maximum Gasteiger partial charge on any atom is 0.255 e. The Morgan fingerprint density at radius 2 is 1.91 bits per heavy atom. The Hall–Kier alpha value is -2.70. The van der Waals surface area contributed by atoms with Crippen LogP contribution in [0.4, 0.5) is 5.69 Å². The molecule has 6 heteroatoms. The number of aryl methyl sites for hydroxylation is 1. The molecule has 0 atom stereocenters. The molecule has 4 rings (SSSR count). The Bertz CT molecular complexity index is 1040. The van der Waals surface area contributed by atoms with Crippen molar-refractivity contribution in [3.8, 4) is 0 Å². The van der Waals surface area contributed by atoms with Gasteiger partial charge in [0.05, 0.1) is 5.56 Å². The molecule has 0 radical (unpaired) electrons. The molecule has 0 saturated heterocycles. The highest BCUT2D eigenvalue weighted by Gasteiger charge is 2.20. The van der Waals surface area contributed by atoms with Crippen LogP contribution in [0.1, 0.15) is 33.6 Å². The molecule has 32 heavy (non-hydrogen) atoms. The Kier molecular flexibility index (Phi) is 7.55. The first-order valence-electron chi connectivity index (χ1n) is 11.1. The zero-order valence-corrected chi connectivity index (χ0v) is 20.0. The molecule has 1 aliphatic heterocycles. The molecule has 0 aliphatic carbocycles. The van der Waals surface area contributed by atoms with Crippen LogP contribution in [-0.2, 0) is 13.1 Å². The lowest BCUT2D eigenvalue weighted by molar-refractivity contribution is 0.0719. The van der Waals surface area contributed by atoms with Crippen molar-refractivity contribution in [2.75, 3.05) is 31.5 Å². The number of nitrogens with zero attached hydrogens (tertiary/aromatic N) is 3. The van der Waals surface area contributed by atoms with Crippen LogP contribution in [0, 0.1) is 6.92 Å². The fourth-order valence-electron chi connectivity index (χ4n) is 4.00. The smallest absolute Gasteiger partial charge is 0.255 e. The Balaban J connectivity index is 1.59. The van der Waals surface area contributed by atoms with Gasteiger partial charge in [-0.1, -0.05) is 46.3 Å². The lowest BCUT2D eigenvalue weighted by atomic mass is 10.1. The second kappa shape index (κ2) is 10.7. The first-order valence-corrected chi connectivity index (χ1v) is 11.9. The third kappa shape index (κ3) is 5.96. The van der Waals surface area contributed by atoms with Crippen molar-refractivity contribution in [2.24, 2.45) is 0 Å². The average Bonchev–Trinajstić information content (AvgIpc) is 2.84. The number of anilines is 1. The number of amides is 1. The average molecular weight is 493 g/mol. The van der Waals surface area contributed by atoms with Crippen LogP contribution in [0.15, 0.2) is 71.3 Å². The number of hydrogen-bond donors (Lipinski definition) is 1. The van der Waals surface area contributed by atoms with Gasteiger partial charge in [0.1, 0.15) is 0 Å². The molecule has 0 saturated carbocycles. The normalized spacial score (nSPS) is 15.4. The highest BCUT2D eigenvalue weighted by Crippen LogP contribution is 2.24. The summed E-state index contributed by atoms with van der Waals surface area (Å²) in [6.45, 7) is 6.72. The van der Waals surface area contributed by atoms with Crippen LogP contribution in [0.2, 0.25) is 0 Å². The third-order valence-corrected chi connectivity index (χ3v) is 6.27. The molecular formula is C26H29BrN4O. The standard InChI is InChI=1S/C26H29BrN4O/c1-20-8-9-22(17-29-20)26(32)31-15-14-30(18-21-6-3-2-4-7-21)13-5-12-28-25-11-10-24(27)16-23(25)19-31/h2-4,6-11,16-17,28H,5,12-15,18-19H2,1H3. The number of nitrogens with one attached hydrogen (secondary N) is 1. The van der Waals surface area contributed by atoms with Gasteiger partial charge in [-0.25, -0.2) is 0 Å². The van der Waals surface area contributed by atoms with Gasteiger partial charge in [-0.3, -0.25) is 14.7 Å². The first-order chi connectivity index (χ1) is 15.6. The first kappa shape index (κ1) is 22.5. The van der Waals surface area contributed by atoms with E-state index >= 15 is 0 Å². The Morgan fingerprint density at radius 1 is 1.06 bits per heavy atom. The maximum absolute atomic E-state index is 13.5. The number of carbonyl (C=O) groups is 1. The molecule has 1 aromatic heterocycles. The van der Waals surface area contributed by atoms with Gasteiger partial charge in [-0.15, -0.1) is 0 Å². The van der Waals surface area contributed by atoms with E-state index in [0.717, 1.165) is 54.0 Å². The van der Waals surface area contributed by atoms with E-state index in [9.17, 15) is 4.79 Å². The predicted molar refractivity (Wildman–Crippen MR) is 133 cm³/mol. The van der Waals surface area contributed by atoms with Gasteiger partial charge < -0.3 is 10.2 Å². The van der Waals surface area contributed by atoms with Crippen molar-refractivity contribution in [1.82, 2.24) is 14.8 Å². The van der Waals surface area contributed by atoms with E-state index in [1.54, 1.807) is 6.20 Å². The second-order valence-corrected chi connectivity index (χ2v) is 9.17. The third-order valence-electron chi connectivity index (χ3n) is 5.78. The topological polar surface area (TPSA) is 48.5 Å². The Labute approximate surface area is 198 Å². The lowest BCUT2D eigenvalue weighted by Crippen LogP contribution is -2.38. The summed E-state index contributed by atoms with van der Waals surface area (Å²) in [4.78, 5) is 22.2. The molecule has 0 bridgehead atoms. The van der Waals surface area contributed by atoms with Crippen LogP contribution in [-0.4, -0.2) is 46.9 Å².